The van der Waals surface area contributed by atoms with Gasteiger partial charge in [0.15, 0.2) is 5.82 Å². The molecule has 0 aliphatic carbocycles. The van der Waals surface area contributed by atoms with E-state index in [1.54, 1.807) is 7.11 Å². The minimum Gasteiger partial charge on any atom is -0.497 e. The molecule has 0 saturated heterocycles. The first kappa shape index (κ1) is 11.3. The number of aryl methyl sites for hydroxylation is 1. The fourth-order valence-corrected chi connectivity index (χ4v) is 2.42. The second-order valence-corrected chi connectivity index (χ2v) is 4.77. The number of nitrogens with zero attached hydrogens (tertiary/aromatic N) is 3. The summed E-state index contributed by atoms with van der Waals surface area (Å²) in [6, 6.07) is 8.36. The summed E-state index contributed by atoms with van der Waals surface area (Å²) in [5.74, 6) is 2.79. The number of rotatable bonds is 2. The lowest BCUT2D eigenvalue weighted by molar-refractivity contribution is 0.389. The molecule has 4 nitrogen and oxygen atoms in total. The van der Waals surface area contributed by atoms with Gasteiger partial charge in [-0.05, 0) is 44.0 Å². The van der Waals surface area contributed by atoms with E-state index in [2.05, 4.69) is 21.7 Å². The predicted molar refractivity (Wildman–Crippen MR) is 69.7 cm³/mol. The third-order valence-electron chi connectivity index (χ3n) is 3.49. The summed E-state index contributed by atoms with van der Waals surface area (Å²) in [5, 5.41) is 4.62. The highest BCUT2D eigenvalue weighted by molar-refractivity contribution is 5.56. The molecule has 1 aliphatic rings. The molecule has 18 heavy (non-hydrogen) atoms. The molecule has 0 N–H and O–H groups in total. The maximum absolute atomic E-state index is 5.16. The Morgan fingerprint density at radius 1 is 1.28 bits per heavy atom. The Kier molecular flexibility index (Phi) is 2.78. The number of hydrogen-bond acceptors (Lipinski definition) is 3. The van der Waals surface area contributed by atoms with Gasteiger partial charge in [0.25, 0.3) is 0 Å². The molecule has 0 bridgehead atoms. The first-order valence-corrected chi connectivity index (χ1v) is 6.38. The second-order valence-electron chi connectivity index (χ2n) is 4.77. The molecule has 4 heteroatoms. The number of fused-ring (bicyclic) bond motifs is 1. The van der Waals surface area contributed by atoms with Gasteiger partial charge >= 0.3 is 0 Å². The van der Waals surface area contributed by atoms with Crippen molar-refractivity contribution < 1.29 is 4.74 Å². The van der Waals surface area contributed by atoms with Crippen molar-refractivity contribution in [3.8, 4) is 17.1 Å². The van der Waals surface area contributed by atoms with Gasteiger partial charge in [-0.15, -0.1) is 0 Å². The van der Waals surface area contributed by atoms with Crippen LogP contribution in [0.1, 0.15) is 31.6 Å². The number of aromatic nitrogens is 3. The molecule has 0 spiro atoms. The Balaban J connectivity index is 1.96. The van der Waals surface area contributed by atoms with Gasteiger partial charge < -0.3 is 4.74 Å². The normalized spacial score (nSPS) is 18.4. The molecular formula is C14H17N3O. The third kappa shape index (κ3) is 1.88. The Hall–Kier alpha value is -1.84. The molecule has 1 unspecified atom stereocenters. The summed E-state index contributed by atoms with van der Waals surface area (Å²) in [5.41, 5.74) is 1.05. The SMILES string of the molecule is COc1ccc(-c2nc3n(n2)C(C)CCC3)cc1. The van der Waals surface area contributed by atoms with E-state index in [1.807, 2.05) is 24.3 Å². The lowest BCUT2D eigenvalue weighted by Crippen LogP contribution is -2.16. The largest absolute Gasteiger partial charge is 0.497 e. The van der Waals surface area contributed by atoms with Crippen LogP contribution in [0.3, 0.4) is 0 Å². The van der Waals surface area contributed by atoms with E-state index in [9.17, 15) is 0 Å². The van der Waals surface area contributed by atoms with E-state index in [-0.39, 0.29) is 0 Å². The fraction of sp³-hybridized carbons (Fsp3) is 0.429. The summed E-state index contributed by atoms with van der Waals surface area (Å²) in [6.07, 6.45) is 3.44. The topological polar surface area (TPSA) is 39.9 Å². The second kappa shape index (κ2) is 4.44. The molecule has 2 aromatic rings. The summed E-state index contributed by atoms with van der Waals surface area (Å²) in [4.78, 5) is 4.64. The molecule has 0 radical (unpaired) electrons. The van der Waals surface area contributed by atoms with Gasteiger partial charge in [0.2, 0.25) is 0 Å². The number of benzene rings is 1. The summed E-state index contributed by atoms with van der Waals surface area (Å²) in [6.45, 7) is 2.20. The molecule has 1 atom stereocenters. The van der Waals surface area contributed by atoms with Crippen LogP contribution in [0.4, 0.5) is 0 Å². The van der Waals surface area contributed by atoms with Crippen molar-refractivity contribution in [2.45, 2.75) is 32.2 Å². The lowest BCUT2D eigenvalue weighted by Gasteiger charge is -2.18. The Morgan fingerprint density at radius 3 is 2.72 bits per heavy atom. The molecule has 1 aromatic heterocycles. The van der Waals surface area contributed by atoms with Crippen LogP contribution in [0.15, 0.2) is 24.3 Å². The first-order valence-electron chi connectivity index (χ1n) is 6.38. The van der Waals surface area contributed by atoms with Crippen molar-refractivity contribution in [2.75, 3.05) is 7.11 Å². The highest BCUT2D eigenvalue weighted by Crippen LogP contribution is 2.26. The molecule has 0 amide bonds. The van der Waals surface area contributed by atoms with Crippen molar-refractivity contribution >= 4 is 0 Å². The summed E-state index contributed by atoms with van der Waals surface area (Å²) < 4.78 is 7.23. The van der Waals surface area contributed by atoms with E-state index in [1.165, 1.54) is 12.8 Å². The summed E-state index contributed by atoms with van der Waals surface area (Å²) in [7, 11) is 1.67. The van der Waals surface area contributed by atoms with E-state index < -0.39 is 0 Å². The average Bonchev–Trinajstić information content (AvgIpc) is 2.84. The van der Waals surface area contributed by atoms with Gasteiger partial charge in [0.05, 0.1) is 13.2 Å². The number of methoxy groups -OCH3 is 1. The van der Waals surface area contributed by atoms with Crippen LogP contribution in [0.2, 0.25) is 0 Å². The molecule has 0 fully saturated rings. The van der Waals surface area contributed by atoms with E-state index in [0.29, 0.717) is 6.04 Å². The zero-order valence-corrected chi connectivity index (χ0v) is 10.8. The predicted octanol–water partition coefficient (Wildman–Crippen LogP) is 2.85. The lowest BCUT2D eigenvalue weighted by atomic mass is 10.1. The van der Waals surface area contributed by atoms with Gasteiger partial charge in [0, 0.05) is 12.0 Å². The number of hydrogen-bond donors (Lipinski definition) is 0. The Labute approximate surface area is 107 Å². The highest BCUT2D eigenvalue weighted by atomic mass is 16.5. The Bertz CT molecular complexity index is 545. The average molecular weight is 243 g/mol. The van der Waals surface area contributed by atoms with Crippen LogP contribution in [-0.2, 0) is 6.42 Å². The van der Waals surface area contributed by atoms with E-state index >= 15 is 0 Å². The fourth-order valence-electron chi connectivity index (χ4n) is 2.42. The minimum absolute atomic E-state index is 0.466. The van der Waals surface area contributed by atoms with Crippen LogP contribution in [0.5, 0.6) is 5.75 Å². The maximum Gasteiger partial charge on any atom is 0.181 e. The first-order chi connectivity index (χ1) is 8.78. The van der Waals surface area contributed by atoms with Crippen molar-refractivity contribution in [2.24, 2.45) is 0 Å². The van der Waals surface area contributed by atoms with Crippen LogP contribution in [-0.4, -0.2) is 21.9 Å². The zero-order chi connectivity index (χ0) is 12.5. The van der Waals surface area contributed by atoms with Crippen molar-refractivity contribution in [3.05, 3.63) is 30.1 Å². The van der Waals surface area contributed by atoms with Crippen molar-refractivity contribution in [1.82, 2.24) is 14.8 Å². The van der Waals surface area contributed by atoms with Crippen molar-refractivity contribution in [1.29, 1.82) is 0 Å². The van der Waals surface area contributed by atoms with Crippen molar-refractivity contribution in [3.63, 3.8) is 0 Å². The standard InChI is InChI=1S/C14H17N3O/c1-10-4-3-5-13-15-14(16-17(10)13)11-6-8-12(18-2)9-7-11/h6-10H,3-5H2,1-2H3. The summed E-state index contributed by atoms with van der Waals surface area (Å²) >= 11 is 0. The molecule has 2 heterocycles. The van der Waals surface area contributed by atoms with Gasteiger partial charge in [0.1, 0.15) is 11.6 Å². The van der Waals surface area contributed by atoms with Gasteiger partial charge in [-0.3, -0.25) is 0 Å². The van der Waals surface area contributed by atoms with Crippen LogP contribution >= 0.6 is 0 Å². The molecule has 1 aliphatic heterocycles. The maximum atomic E-state index is 5.16. The zero-order valence-electron chi connectivity index (χ0n) is 10.8. The van der Waals surface area contributed by atoms with Gasteiger partial charge in [-0.25, -0.2) is 9.67 Å². The smallest absolute Gasteiger partial charge is 0.181 e. The Morgan fingerprint density at radius 2 is 2.06 bits per heavy atom. The van der Waals surface area contributed by atoms with Gasteiger partial charge in [-0.1, -0.05) is 0 Å². The molecule has 0 saturated carbocycles. The molecule has 94 valence electrons. The van der Waals surface area contributed by atoms with E-state index in [4.69, 9.17) is 4.74 Å². The van der Waals surface area contributed by atoms with Crippen LogP contribution in [0.25, 0.3) is 11.4 Å². The van der Waals surface area contributed by atoms with E-state index in [0.717, 1.165) is 29.4 Å². The molecule has 3 rings (SSSR count). The highest BCUT2D eigenvalue weighted by Gasteiger charge is 2.20. The minimum atomic E-state index is 0.466. The van der Waals surface area contributed by atoms with Crippen LogP contribution in [0, 0.1) is 0 Å². The van der Waals surface area contributed by atoms with Gasteiger partial charge in [-0.2, -0.15) is 5.10 Å². The monoisotopic (exact) mass is 243 g/mol. The molecular weight excluding hydrogens is 226 g/mol. The quantitative estimate of drug-likeness (QED) is 0.814. The van der Waals surface area contributed by atoms with Crippen LogP contribution < -0.4 is 4.74 Å². The molecule has 1 aromatic carbocycles. The third-order valence-corrected chi connectivity index (χ3v) is 3.49. The number of ether oxygens (including phenoxy) is 1.